The van der Waals surface area contributed by atoms with Crippen molar-refractivity contribution in [2.45, 2.75) is 66.5 Å². The van der Waals surface area contributed by atoms with Crippen molar-refractivity contribution in [3.8, 4) is 0 Å². The van der Waals surface area contributed by atoms with Gasteiger partial charge in [0.1, 0.15) is 0 Å². The van der Waals surface area contributed by atoms with Gasteiger partial charge in [0.25, 0.3) is 0 Å². The Morgan fingerprint density at radius 1 is 1.24 bits per heavy atom. The molecule has 0 aliphatic carbocycles. The molecule has 1 aromatic heterocycles. The quantitative estimate of drug-likeness (QED) is 0.489. The van der Waals surface area contributed by atoms with Crippen molar-refractivity contribution in [3.05, 3.63) is 17.0 Å². The molecule has 0 saturated carbocycles. The van der Waals surface area contributed by atoms with Crippen molar-refractivity contribution >= 4 is 11.9 Å². The maximum Gasteiger partial charge on any atom is 0.222 e. The second kappa shape index (κ2) is 10.1. The minimum atomic E-state index is 0.0317. The number of nitrogens with one attached hydrogen (secondary N) is 3. The van der Waals surface area contributed by atoms with Crippen LogP contribution in [0.3, 0.4) is 0 Å². The Morgan fingerprint density at radius 2 is 1.92 bits per heavy atom. The fourth-order valence-electron chi connectivity index (χ4n) is 2.69. The fraction of sp³-hybridized carbons (Fsp3) is 0.722. The molecule has 0 aliphatic rings. The van der Waals surface area contributed by atoms with Crippen molar-refractivity contribution in [3.63, 3.8) is 0 Å². The number of carbonyl (C=O) groups excluding carboxylic acids is 1. The van der Waals surface area contributed by atoms with Gasteiger partial charge in [-0.3, -0.25) is 14.5 Å². The molecule has 3 N–H and O–H groups in total. The molecule has 142 valence electrons. The SMILES string of the molecule is CCNC(=NCCC(=O)NC(C)C)NC(C)Cc1c(C)nn(C)c1C. The molecule has 25 heavy (non-hydrogen) atoms. The summed E-state index contributed by atoms with van der Waals surface area (Å²) in [4.78, 5) is 16.2. The molecule has 7 nitrogen and oxygen atoms in total. The summed E-state index contributed by atoms with van der Waals surface area (Å²) in [7, 11) is 1.97. The van der Waals surface area contributed by atoms with Crippen LogP contribution in [0.2, 0.25) is 0 Å². The van der Waals surface area contributed by atoms with E-state index in [1.807, 2.05) is 39.4 Å². The van der Waals surface area contributed by atoms with Crippen LogP contribution in [-0.2, 0) is 18.3 Å². The first-order valence-electron chi connectivity index (χ1n) is 9.07. The van der Waals surface area contributed by atoms with Crippen molar-refractivity contribution < 1.29 is 4.79 Å². The van der Waals surface area contributed by atoms with E-state index in [4.69, 9.17) is 0 Å². The lowest BCUT2D eigenvalue weighted by molar-refractivity contribution is -0.121. The lowest BCUT2D eigenvalue weighted by Gasteiger charge is -2.18. The lowest BCUT2D eigenvalue weighted by atomic mass is 10.1. The Balaban J connectivity index is 2.60. The van der Waals surface area contributed by atoms with Crippen LogP contribution in [-0.4, -0.2) is 46.8 Å². The fourth-order valence-corrected chi connectivity index (χ4v) is 2.69. The Morgan fingerprint density at radius 3 is 2.44 bits per heavy atom. The molecule has 1 heterocycles. The van der Waals surface area contributed by atoms with Crippen LogP contribution in [0.5, 0.6) is 0 Å². The molecule has 7 heteroatoms. The van der Waals surface area contributed by atoms with E-state index >= 15 is 0 Å². The molecule has 1 amide bonds. The Labute approximate surface area is 151 Å². The van der Waals surface area contributed by atoms with Crippen LogP contribution < -0.4 is 16.0 Å². The van der Waals surface area contributed by atoms with Crippen molar-refractivity contribution in [2.75, 3.05) is 13.1 Å². The highest BCUT2D eigenvalue weighted by Gasteiger charge is 2.14. The number of carbonyl (C=O) groups is 1. The van der Waals surface area contributed by atoms with Gasteiger partial charge in [0.2, 0.25) is 5.91 Å². The summed E-state index contributed by atoms with van der Waals surface area (Å²) in [5, 5.41) is 14.0. The predicted molar refractivity (Wildman–Crippen MR) is 103 cm³/mol. The molecule has 0 bridgehead atoms. The molecular weight excluding hydrogens is 316 g/mol. The molecule has 0 saturated heterocycles. The number of aromatic nitrogens is 2. The van der Waals surface area contributed by atoms with E-state index in [-0.39, 0.29) is 18.0 Å². The standard InChI is InChI=1S/C18H34N6O/c1-8-19-18(20-10-9-17(25)21-12(2)3)22-13(4)11-16-14(5)23-24(7)15(16)6/h12-13H,8-11H2,1-7H3,(H,21,25)(H2,19,20,22). The summed E-state index contributed by atoms with van der Waals surface area (Å²) < 4.78 is 1.92. The predicted octanol–water partition coefficient (Wildman–Crippen LogP) is 1.44. The Kier molecular flexibility index (Phi) is 8.45. The highest BCUT2D eigenvalue weighted by atomic mass is 16.1. The molecule has 0 radical (unpaired) electrons. The zero-order chi connectivity index (χ0) is 19.0. The summed E-state index contributed by atoms with van der Waals surface area (Å²) >= 11 is 0. The van der Waals surface area contributed by atoms with Gasteiger partial charge in [0.15, 0.2) is 5.96 Å². The molecular formula is C18H34N6O. The topological polar surface area (TPSA) is 83.3 Å². The number of hydrogen-bond donors (Lipinski definition) is 3. The molecule has 0 fully saturated rings. The third-order valence-corrected chi connectivity index (χ3v) is 3.95. The lowest BCUT2D eigenvalue weighted by Crippen LogP contribution is -2.43. The van der Waals surface area contributed by atoms with E-state index in [1.54, 1.807) is 0 Å². The minimum absolute atomic E-state index is 0.0317. The third kappa shape index (κ3) is 7.15. The average Bonchev–Trinajstić information content (AvgIpc) is 2.73. The summed E-state index contributed by atoms with van der Waals surface area (Å²) in [6.45, 7) is 13.4. The smallest absolute Gasteiger partial charge is 0.222 e. The van der Waals surface area contributed by atoms with Crippen LogP contribution >= 0.6 is 0 Å². The zero-order valence-electron chi connectivity index (χ0n) is 16.7. The maximum atomic E-state index is 11.7. The van der Waals surface area contributed by atoms with Gasteiger partial charge in [-0.15, -0.1) is 0 Å². The molecule has 0 aromatic carbocycles. The number of guanidine groups is 1. The molecule has 1 aromatic rings. The van der Waals surface area contributed by atoms with Crippen molar-refractivity contribution in [1.29, 1.82) is 0 Å². The normalized spacial score (nSPS) is 13.0. The van der Waals surface area contributed by atoms with Gasteiger partial charge < -0.3 is 16.0 Å². The number of amides is 1. The largest absolute Gasteiger partial charge is 0.357 e. The number of aliphatic imine (C=N–C) groups is 1. The van der Waals surface area contributed by atoms with E-state index < -0.39 is 0 Å². The monoisotopic (exact) mass is 350 g/mol. The molecule has 1 rings (SSSR count). The summed E-state index contributed by atoms with van der Waals surface area (Å²) in [5.41, 5.74) is 3.54. The highest BCUT2D eigenvalue weighted by Crippen LogP contribution is 2.14. The van der Waals surface area contributed by atoms with Gasteiger partial charge in [-0.2, -0.15) is 5.10 Å². The van der Waals surface area contributed by atoms with Gasteiger partial charge >= 0.3 is 0 Å². The van der Waals surface area contributed by atoms with Crippen molar-refractivity contribution in [1.82, 2.24) is 25.7 Å². The number of hydrogen-bond acceptors (Lipinski definition) is 3. The molecule has 0 aliphatic heterocycles. The van der Waals surface area contributed by atoms with Gasteiger partial charge in [0, 0.05) is 37.8 Å². The maximum absolute atomic E-state index is 11.7. The second-order valence-electron chi connectivity index (χ2n) is 6.76. The minimum Gasteiger partial charge on any atom is -0.357 e. The van der Waals surface area contributed by atoms with Crippen LogP contribution in [0.4, 0.5) is 0 Å². The Hall–Kier alpha value is -2.05. The van der Waals surface area contributed by atoms with Gasteiger partial charge in [0.05, 0.1) is 12.2 Å². The van der Waals surface area contributed by atoms with Gasteiger partial charge in [-0.1, -0.05) is 0 Å². The van der Waals surface area contributed by atoms with E-state index in [1.165, 1.54) is 11.3 Å². The summed E-state index contributed by atoms with van der Waals surface area (Å²) in [6.07, 6.45) is 1.27. The molecule has 0 spiro atoms. The zero-order valence-corrected chi connectivity index (χ0v) is 16.7. The Bertz CT molecular complexity index is 591. The number of nitrogens with zero attached hydrogens (tertiary/aromatic N) is 3. The van der Waals surface area contributed by atoms with E-state index in [2.05, 4.69) is 39.9 Å². The van der Waals surface area contributed by atoms with Gasteiger partial charge in [-0.05, 0) is 53.5 Å². The van der Waals surface area contributed by atoms with E-state index in [9.17, 15) is 4.79 Å². The average molecular weight is 351 g/mol. The van der Waals surface area contributed by atoms with Crippen LogP contribution in [0.15, 0.2) is 4.99 Å². The first-order valence-corrected chi connectivity index (χ1v) is 9.07. The van der Waals surface area contributed by atoms with E-state index in [0.29, 0.717) is 13.0 Å². The second-order valence-corrected chi connectivity index (χ2v) is 6.76. The van der Waals surface area contributed by atoms with Gasteiger partial charge in [-0.25, -0.2) is 0 Å². The van der Waals surface area contributed by atoms with Crippen LogP contribution in [0, 0.1) is 13.8 Å². The van der Waals surface area contributed by atoms with Crippen molar-refractivity contribution in [2.24, 2.45) is 12.0 Å². The highest BCUT2D eigenvalue weighted by molar-refractivity contribution is 5.81. The van der Waals surface area contributed by atoms with Crippen LogP contribution in [0.25, 0.3) is 0 Å². The first kappa shape index (κ1) is 21.0. The summed E-state index contributed by atoms with van der Waals surface area (Å²) in [5.74, 6) is 0.774. The number of rotatable bonds is 8. The molecule has 1 unspecified atom stereocenters. The number of aryl methyl sites for hydroxylation is 2. The third-order valence-electron chi connectivity index (χ3n) is 3.95. The summed E-state index contributed by atoms with van der Waals surface area (Å²) in [6, 6.07) is 0.373. The molecule has 1 atom stereocenters. The van der Waals surface area contributed by atoms with Crippen LogP contribution in [0.1, 0.15) is 51.1 Å². The van der Waals surface area contributed by atoms with E-state index in [0.717, 1.165) is 24.6 Å². The first-order chi connectivity index (χ1) is 11.7.